The molecule has 2 aromatic carbocycles. The van der Waals surface area contributed by atoms with Gasteiger partial charge in [-0.3, -0.25) is 4.79 Å². The molecular weight excluding hydrogens is 310 g/mol. The van der Waals surface area contributed by atoms with Crippen LogP contribution in [0.15, 0.2) is 42.5 Å². The third-order valence-corrected chi connectivity index (χ3v) is 2.89. The maximum absolute atomic E-state index is 13.5. The van der Waals surface area contributed by atoms with E-state index in [2.05, 4.69) is 5.32 Å². The highest BCUT2D eigenvalue weighted by atomic mass is 35.5. The molecule has 0 aliphatic heterocycles. The second-order valence-corrected chi connectivity index (χ2v) is 4.59. The van der Waals surface area contributed by atoms with E-state index >= 15 is 0 Å². The Morgan fingerprint density at radius 3 is 2.24 bits per heavy atom. The fourth-order valence-electron chi connectivity index (χ4n) is 1.61. The van der Waals surface area contributed by atoms with Crippen LogP contribution in [0.4, 0.5) is 23.2 Å². The standard InChI is InChI=1S/C14H8ClF4NO/c15-9-2-4-10(5-3-9)20-13(21)11-7-8(14(17,18)19)1-6-12(11)16/h1-7H,(H,20,21). The molecule has 0 fully saturated rings. The molecule has 0 aromatic heterocycles. The molecule has 0 radical (unpaired) electrons. The van der Waals surface area contributed by atoms with Crippen LogP contribution in [-0.2, 0) is 6.18 Å². The first-order valence-corrected chi connectivity index (χ1v) is 6.09. The molecular formula is C14H8ClF4NO. The topological polar surface area (TPSA) is 29.1 Å². The van der Waals surface area contributed by atoms with Crippen molar-refractivity contribution < 1.29 is 22.4 Å². The summed E-state index contributed by atoms with van der Waals surface area (Å²) in [5.74, 6) is -2.00. The van der Waals surface area contributed by atoms with Gasteiger partial charge in [-0.05, 0) is 42.5 Å². The summed E-state index contributed by atoms with van der Waals surface area (Å²) in [5, 5.41) is 2.73. The van der Waals surface area contributed by atoms with E-state index in [9.17, 15) is 22.4 Å². The van der Waals surface area contributed by atoms with Gasteiger partial charge >= 0.3 is 6.18 Å². The lowest BCUT2D eigenvalue weighted by Crippen LogP contribution is -2.15. The molecule has 21 heavy (non-hydrogen) atoms. The SMILES string of the molecule is O=C(Nc1ccc(Cl)cc1)c1cc(C(F)(F)F)ccc1F. The number of rotatable bonds is 2. The molecule has 0 atom stereocenters. The Labute approximate surface area is 122 Å². The van der Waals surface area contributed by atoms with Gasteiger partial charge < -0.3 is 5.32 Å². The Kier molecular flexibility index (Phi) is 4.18. The molecule has 7 heteroatoms. The van der Waals surface area contributed by atoms with Crippen molar-refractivity contribution in [1.82, 2.24) is 0 Å². The van der Waals surface area contributed by atoms with E-state index < -0.39 is 29.0 Å². The quantitative estimate of drug-likeness (QED) is 0.796. The van der Waals surface area contributed by atoms with Crippen molar-refractivity contribution in [3.05, 3.63) is 64.4 Å². The predicted molar refractivity (Wildman–Crippen MR) is 70.8 cm³/mol. The van der Waals surface area contributed by atoms with E-state index in [1.54, 1.807) is 0 Å². The molecule has 0 saturated carbocycles. The summed E-state index contributed by atoms with van der Waals surface area (Å²) in [4.78, 5) is 11.8. The van der Waals surface area contributed by atoms with Crippen LogP contribution in [0.25, 0.3) is 0 Å². The first kappa shape index (κ1) is 15.3. The zero-order valence-corrected chi connectivity index (χ0v) is 11.1. The minimum Gasteiger partial charge on any atom is -0.322 e. The van der Waals surface area contributed by atoms with Crippen molar-refractivity contribution >= 4 is 23.2 Å². The average Bonchev–Trinajstić information content (AvgIpc) is 2.40. The predicted octanol–water partition coefficient (Wildman–Crippen LogP) is 4.75. The fourth-order valence-corrected chi connectivity index (χ4v) is 1.73. The normalized spacial score (nSPS) is 11.3. The molecule has 0 aliphatic rings. The number of hydrogen-bond donors (Lipinski definition) is 1. The lowest BCUT2D eigenvalue weighted by molar-refractivity contribution is -0.137. The first-order chi connectivity index (χ1) is 9.77. The molecule has 2 rings (SSSR count). The molecule has 0 saturated heterocycles. The van der Waals surface area contributed by atoms with Crippen LogP contribution in [0, 0.1) is 5.82 Å². The van der Waals surface area contributed by atoms with Gasteiger partial charge in [0.05, 0.1) is 11.1 Å². The van der Waals surface area contributed by atoms with Crippen molar-refractivity contribution in [3.8, 4) is 0 Å². The number of anilines is 1. The molecule has 2 aromatic rings. The number of carbonyl (C=O) groups excluding carboxylic acids is 1. The number of amides is 1. The Hall–Kier alpha value is -2.08. The van der Waals surface area contributed by atoms with E-state index in [1.807, 2.05) is 0 Å². The van der Waals surface area contributed by atoms with Crippen molar-refractivity contribution in [3.63, 3.8) is 0 Å². The van der Waals surface area contributed by atoms with Gasteiger partial charge in [-0.25, -0.2) is 4.39 Å². The van der Waals surface area contributed by atoms with Gasteiger partial charge in [-0.1, -0.05) is 11.6 Å². The van der Waals surface area contributed by atoms with Crippen LogP contribution in [-0.4, -0.2) is 5.91 Å². The molecule has 1 N–H and O–H groups in total. The van der Waals surface area contributed by atoms with Crippen LogP contribution in [0.2, 0.25) is 5.02 Å². The van der Waals surface area contributed by atoms with Gasteiger partial charge in [0, 0.05) is 10.7 Å². The number of alkyl halides is 3. The largest absolute Gasteiger partial charge is 0.416 e. The molecule has 0 bridgehead atoms. The molecule has 0 spiro atoms. The summed E-state index contributed by atoms with van der Waals surface area (Å²) in [5.41, 5.74) is -1.48. The van der Waals surface area contributed by atoms with Crippen molar-refractivity contribution in [2.75, 3.05) is 5.32 Å². The summed E-state index contributed by atoms with van der Waals surface area (Å²) in [6.07, 6.45) is -4.65. The van der Waals surface area contributed by atoms with Crippen molar-refractivity contribution in [1.29, 1.82) is 0 Å². The second-order valence-electron chi connectivity index (χ2n) is 4.15. The molecule has 0 aliphatic carbocycles. The number of nitrogens with one attached hydrogen (secondary N) is 1. The van der Waals surface area contributed by atoms with E-state index in [4.69, 9.17) is 11.6 Å². The van der Waals surface area contributed by atoms with E-state index in [1.165, 1.54) is 24.3 Å². The zero-order valence-electron chi connectivity index (χ0n) is 10.3. The van der Waals surface area contributed by atoms with E-state index in [0.29, 0.717) is 28.9 Å². The van der Waals surface area contributed by atoms with Crippen LogP contribution < -0.4 is 5.32 Å². The minimum absolute atomic E-state index is 0.293. The van der Waals surface area contributed by atoms with Gasteiger partial charge in [0.2, 0.25) is 0 Å². The van der Waals surface area contributed by atoms with Gasteiger partial charge in [0.1, 0.15) is 5.82 Å². The molecule has 110 valence electrons. The smallest absolute Gasteiger partial charge is 0.322 e. The third kappa shape index (κ3) is 3.72. The highest BCUT2D eigenvalue weighted by Crippen LogP contribution is 2.30. The fraction of sp³-hybridized carbons (Fsp3) is 0.0714. The van der Waals surface area contributed by atoms with Gasteiger partial charge in [-0.2, -0.15) is 13.2 Å². The summed E-state index contributed by atoms with van der Waals surface area (Å²) in [6, 6.07) is 7.53. The number of carbonyl (C=O) groups is 1. The Bertz CT molecular complexity index is 668. The van der Waals surface area contributed by atoms with Gasteiger partial charge in [0.25, 0.3) is 5.91 Å². The molecule has 0 unspecified atom stereocenters. The minimum atomic E-state index is -4.65. The van der Waals surface area contributed by atoms with Gasteiger partial charge in [0.15, 0.2) is 0 Å². The highest BCUT2D eigenvalue weighted by Gasteiger charge is 2.31. The van der Waals surface area contributed by atoms with Crippen molar-refractivity contribution in [2.45, 2.75) is 6.18 Å². The third-order valence-electron chi connectivity index (χ3n) is 2.64. The zero-order chi connectivity index (χ0) is 15.6. The lowest BCUT2D eigenvalue weighted by atomic mass is 10.1. The van der Waals surface area contributed by atoms with Crippen LogP contribution in [0.3, 0.4) is 0 Å². The molecule has 2 nitrogen and oxygen atoms in total. The summed E-state index contributed by atoms with van der Waals surface area (Å²) in [7, 11) is 0. The molecule has 1 amide bonds. The maximum Gasteiger partial charge on any atom is 0.416 e. The Morgan fingerprint density at radius 2 is 1.67 bits per heavy atom. The Balaban J connectivity index is 2.28. The second kappa shape index (κ2) is 5.73. The monoisotopic (exact) mass is 317 g/mol. The first-order valence-electron chi connectivity index (χ1n) is 5.71. The lowest BCUT2D eigenvalue weighted by Gasteiger charge is -2.10. The molecule has 0 heterocycles. The number of hydrogen-bond acceptors (Lipinski definition) is 1. The number of halogens is 5. The van der Waals surface area contributed by atoms with E-state index in [0.717, 1.165) is 0 Å². The van der Waals surface area contributed by atoms with Crippen LogP contribution in [0.5, 0.6) is 0 Å². The average molecular weight is 318 g/mol. The van der Waals surface area contributed by atoms with E-state index in [-0.39, 0.29) is 0 Å². The maximum atomic E-state index is 13.5. The number of benzene rings is 2. The summed E-state index contributed by atoms with van der Waals surface area (Å²) < 4.78 is 51.2. The summed E-state index contributed by atoms with van der Waals surface area (Å²) >= 11 is 5.66. The Morgan fingerprint density at radius 1 is 1.05 bits per heavy atom. The van der Waals surface area contributed by atoms with Crippen LogP contribution >= 0.6 is 11.6 Å². The van der Waals surface area contributed by atoms with Crippen molar-refractivity contribution in [2.24, 2.45) is 0 Å². The highest BCUT2D eigenvalue weighted by molar-refractivity contribution is 6.30. The summed E-state index contributed by atoms with van der Waals surface area (Å²) in [6.45, 7) is 0. The van der Waals surface area contributed by atoms with Crippen LogP contribution in [0.1, 0.15) is 15.9 Å². The van der Waals surface area contributed by atoms with Gasteiger partial charge in [-0.15, -0.1) is 0 Å².